The molecule has 0 bridgehead atoms. The summed E-state index contributed by atoms with van der Waals surface area (Å²) in [4.78, 5) is 11.9. The second-order valence-electron chi connectivity index (χ2n) is 4.83. The van der Waals surface area contributed by atoms with Crippen LogP contribution in [-0.2, 0) is 4.79 Å². The fraction of sp³-hybridized carbons (Fsp3) is 0.188. The Morgan fingerprint density at radius 1 is 1.10 bits per heavy atom. The Labute approximate surface area is 131 Å². The highest BCUT2D eigenvalue weighted by molar-refractivity contribution is 9.10. The van der Waals surface area contributed by atoms with Crippen LogP contribution in [0.3, 0.4) is 0 Å². The lowest BCUT2D eigenvalue weighted by atomic mass is 10.2. The number of hydrogen-bond donors (Lipinski definition) is 2. The van der Waals surface area contributed by atoms with E-state index in [1.54, 1.807) is 19.1 Å². The van der Waals surface area contributed by atoms with Gasteiger partial charge in [-0.3, -0.25) is 4.79 Å². The first kappa shape index (κ1) is 15.5. The zero-order valence-corrected chi connectivity index (χ0v) is 13.4. The van der Waals surface area contributed by atoms with E-state index in [9.17, 15) is 9.18 Å². The zero-order valence-electron chi connectivity index (χ0n) is 11.8. The average Bonchev–Trinajstić information content (AvgIpc) is 2.44. The number of amides is 1. The smallest absolute Gasteiger partial charge is 0.243 e. The summed E-state index contributed by atoms with van der Waals surface area (Å²) in [5.74, 6) is -0.471. The Morgan fingerprint density at radius 2 is 1.81 bits per heavy atom. The van der Waals surface area contributed by atoms with Gasteiger partial charge in [0.1, 0.15) is 5.82 Å². The van der Waals surface area contributed by atoms with Gasteiger partial charge in [0.05, 0.1) is 6.54 Å². The van der Waals surface area contributed by atoms with Gasteiger partial charge in [-0.2, -0.15) is 0 Å². The normalized spacial score (nSPS) is 10.3. The maximum absolute atomic E-state index is 13.4. The highest BCUT2D eigenvalue weighted by Gasteiger charge is 2.05. The number of halogens is 2. The summed E-state index contributed by atoms with van der Waals surface area (Å²) in [6.45, 7) is 3.73. The predicted octanol–water partition coefficient (Wildman–Crippen LogP) is 4.26. The molecule has 0 spiro atoms. The molecule has 0 radical (unpaired) electrons. The minimum Gasteiger partial charge on any atom is -0.376 e. The van der Waals surface area contributed by atoms with E-state index in [0.29, 0.717) is 11.3 Å². The number of benzene rings is 2. The number of carbonyl (C=O) groups is 1. The molecule has 21 heavy (non-hydrogen) atoms. The molecule has 0 unspecified atom stereocenters. The molecule has 0 aliphatic carbocycles. The molecule has 2 aromatic carbocycles. The molecule has 2 N–H and O–H groups in total. The SMILES string of the molecule is Cc1ccc(NCC(=O)Nc2ccc(Br)c(C)c2)cc1F. The van der Waals surface area contributed by atoms with E-state index in [4.69, 9.17) is 0 Å². The van der Waals surface area contributed by atoms with Gasteiger partial charge in [0.15, 0.2) is 0 Å². The number of hydrogen-bond acceptors (Lipinski definition) is 2. The van der Waals surface area contributed by atoms with E-state index in [1.165, 1.54) is 6.07 Å². The fourth-order valence-corrected chi connectivity index (χ4v) is 2.06. The number of anilines is 2. The van der Waals surface area contributed by atoms with Crippen LogP contribution in [0.4, 0.5) is 15.8 Å². The van der Waals surface area contributed by atoms with Gasteiger partial charge >= 0.3 is 0 Å². The summed E-state index contributed by atoms with van der Waals surface area (Å²) < 4.78 is 14.4. The maximum Gasteiger partial charge on any atom is 0.243 e. The van der Waals surface area contributed by atoms with Crippen LogP contribution in [0.1, 0.15) is 11.1 Å². The summed E-state index contributed by atoms with van der Waals surface area (Å²) >= 11 is 3.41. The van der Waals surface area contributed by atoms with Gasteiger partial charge in [0.25, 0.3) is 0 Å². The van der Waals surface area contributed by atoms with Crippen LogP contribution in [0.15, 0.2) is 40.9 Å². The number of rotatable bonds is 4. The number of carbonyl (C=O) groups excluding carboxylic acids is 1. The quantitative estimate of drug-likeness (QED) is 0.864. The molecule has 0 atom stereocenters. The monoisotopic (exact) mass is 350 g/mol. The largest absolute Gasteiger partial charge is 0.376 e. The Balaban J connectivity index is 1.92. The van der Waals surface area contributed by atoms with E-state index < -0.39 is 0 Å². The molecule has 0 heterocycles. The van der Waals surface area contributed by atoms with Crippen molar-refractivity contribution in [2.45, 2.75) is 13.8 Å². The van der Waals surface area contributed by atoms with Crippen LogP contribution in [-0.4, -0.2) is 12.5 Å². The molecule has 2 aromatic rings. The molecule has 0 aromatic heterocycles. The number of nitrogens with one attached hydrogen (secondary N) is 2. The van der Waals surface area contributed by atoms with Crippen molar-refractivity contribution in [1.82, 2.24) is 0 Å². The summed E-state index contributed by atoms with van der Waals surface area (Å²) in [5.41, 5.74) is 2.94. The topological polar surface area (TPSA) is 41.1 Å². The standard InChI is InChI=1S/C16H16BrFN2O/c1-10-3-4-12(8-15(10)18)19-9-16(21)20-13-5-6-14(17)11(2)7-13/h3-8,19H,9H2,1-2H3,(H,20,21). The van der Waals surface area contributed by atoms with Crippen molar-refractivity contribution >= 4 is 33.2 Å². The Hall–Kier alpha value is -1.88. The second-order valence-corrected chi connectivity index (χ2v) is 5.68. The lowest BCUT2D eigenvalue weighted by molar-refractivity contribution is -0.114. The van der Waals surface area contributed by atoms with E-state index in [0.717, 1.165) is 15.7 Å². The second kappa shape index (κ2) is 6.72. The predicted molar refractivity (Wildman–Crippen MR) is 87.1 cm³/mol. The Morgan fingerprint density at radius 3 is 2.48 bits per heavy atom. The van der Waals surface area contributed by atoms with Gasteiger partial charge in [0.2, 0.25) is 5.91 Å². The van der Waals surface area contributed by atoms with Gasteiger partial charge in [0, 0.05) is 15.8 Å². The van der Waals surface area contributed by atoms with Crippen LogP contribution in [0.5, 0.6) is 0 Å². The zero-order chi connectivity index (χ0) is 15.4. The van der Waals surface area contributed by atoms with Crippen molar-refractivity contribution in [3.8, 4) is 0 Å². The molecule has 3 nitrogen and oxygen atoms in total. The van der Waals surface area contributed by atoms with Crippen LogP contribution >= 0.6 is 15.9 Å². The van der Waals surface area contributed by atoms with E-state index >= 15 is 0 Å². The molecular formula is C16H16BrFN2O. The Bertz CT molecular complexity index is 673. The molecule has 0 fully saturated rings. The van der Waals surface area contributed by atoms with Gasteiger partial charge in [-0.05, 0) is 55.3 Å². The first-order valence-corrected chi connectivity index (χ1v) is 7.31. The van der Waals surface area contributed by atoms with Crippen molar-refractivity contribution in [2.75, 3.05) is 17.2 Å². The lowest BCUT2D eigenvalue weighted by Gasteiger charge is -2.09. The van der Waals surface area contributed by atoms with Gasteiger partial charge in [-0.1, -0.05) is 22.0 Å². The van der Waals surface area contributed by atoms with E-state index in [-0.39, 0.29) is 18.3 Å². The van der Waals surface area contributed by atoms with Crippen LogP contribution in [0.2, 0.25) is 0 Å². The minimum atomic E-state index is -0.288. The van der Waals surface area contributed by atoms with Crippen molar-refractivity contribution in [2.24, 2.45) is 0 Å². The highest BCUT2D eigenvalue weighted by Crippen LogP contribution is 2.20. The third-order valence-corrected chi connectivity index (χ3v) is 3.96. The van der Waals surface area contributed by atoms with Crippen molar-refractivity contribution in [1.29, 1.82) is 0 Å². The maximum atomic E-state index is 13.4. The molecule has 110 valence electrons. The molecule has 0 aliphatic rings. The van der Waals surface area contributed by atoms with Gasteiger partial charge < -0.3 is 10.6 Å². The first-order valence-electron chi connectivity index (χ1n) is 6.52. The molecule has 0 saturated heterocycles. The van der Waals surface area contributed by atoms with Gasteiger partial charge in [-0.15, -0.1) is 0 Å². The Kier molecular flexibility index (Phi) is 4.96. The highest BCUT2D eigenvalue weighted by atomic mass is 79.9. The molecule has 0 aliphatic heterocycles. The van der Waals surface area contributed by atoms with Gasteiger partial charge in [-0.25, -0.2) is 4.39 Å². The molecule has 0 saturated carbocycles. The van der Waals surface area contributed by atoms with Crippen molar-refractivity contribution in [3.05, 3.63) is 57.8 Å². The van der Waals surface area contributed by atoms with Crippen molar-refractivity contribution < 1.29 is 9.18 Å². The van der Waals surface area contributed by atoms with E-state index in [2.05, 4.69) is 26.6 Å². The summed E-state index contributed by atoms with van der Waals surface area (Å²) in [7, 11) is 0. The minimum absolute atomic E-state index is 0.0810. The third kappa shape index (κ3) is 4.29. The molecule has 1 amide bonds. The molecular weight excluding hydrogens is 335 g/mol. The average molecular weight is 351 g/mol. The lowest BCUT2D eigenvalue weighted by Crippen LogP contribution is -2.21. The molecule has 2 rings (SSSR count). The van der Waals surface area contributed by atoms with Crippen LogP contribution in [0.25, 0.3) is 0 Å². The van der Waals surface area contributed by atoms with Crippen LogP contribution < -0.4 is 10.6 Å². The fourth-order valence-electron chi connectivity index (χ4n) is 1.81. The third-order valence-electron chi connectivity index (χ3n) is 3.07. The number of aryl methyl sites for hydroxylation is 2. The summed E-state index contributed by atoms with van der Waals surface area (Å²) in [5, 5.41) is 5.69. The summed E-state index contributed by atoms with van der Waals surface area (Å²) in [6.07, 6.45) is 0. The van der Waals surface area contributed by atoms with E-state index in [1.807, 2.05) is 25.1 Å². The summed E-state index contributed by atoms with van der Waals surface area (Å²) in [6, 6.07) is 10.4. The van der Waals surface area contributed by atoms with Crippen molar-refractivity contribution in [3.63, 3.8) is 0 Å². The first-order chi connectivity index (χ1) is 9.95. The van der Waals surface area contributed by atoms with Crippen LogP contribution in [0, 0.1) is 19.7 Å². The molecule has 5 heteroatoms.